The zero-order chi connectivity index (χ0) is 19.1. The van der Waals surface area contributed by atoms with Crippen LogP contribution >= 0.6 is 15.9 Å². The topological polar surface area (TPSA) is 111 Å². The minimum Gasteiger partial charge on any atom is -0.426 e. The van der Waals surface area contributed by atoms with E-state index in [-0.39, 0.29) is 17.7 Å². The standard InChI is InChI=1S/C17H14BrN3O5/c1-2-16(22)26-15-8-5-13(18)9-12(15)10-19-20-17(23)11-3-6-14(7-4-11)21(24)25/h3-10H,2H2,1H3,(H,20,23). The van der Waals surface area contributed by atoms with Crippen molar-refractivity contribution in [2.75, 3.05) is 0 Å². The quantitative estimate of drug-likeness (QED) is 0.253. The Morgan fingerprint density at radius 1 is 1.27 bits per heavy atom. The predicted octanol–water partition coefficient (Wildman–Crippen LogP) is 3.44. The summed E-state index contributed by atoms with van der Waals surface area (Å²) in [6, 6.07) is 10.1. The van der Waals surface area contributed by atoms with Crippen molar-refractivity contribution >= 4 is 39.7 Å². The number of hydrogen-bond acceptors (Lipinski definition) is 6. The number of carbonyl (C=O) groups excluding carboxylic acids is 2. The van der Waals surface area contributed by atoms with E-state index in [9.17, 15) is 19.7 Å². The highest BCUT2D eigenvalue weighted by Crippen LogP contribution is 2.22. The molecule has 9 heteroatoms. The van der Waals surface area contributed by atoms with E-state index in [1.54, 1.807) is 25.1 Å². The van der Waals surface area contributed by atoms with Crippen LogP contribution in [0, 0.1) is 10.1 Å². The molecule has 0 aliphatic rings. The number of ether oxygens (including phenoxy) is 1. The molecule has 0 spiro atoms. The van der Waals surface area contributed by atoms with Gasteiger partial charge in [0, 0.05) is 34.2 Å². The van der Waals surface area contributed by atoms with Crippen LogP contribution in [0.2, 0.25) is 0 Å². The molecule has 8 nitrogen and oxygen atoms in total. The molecule has 0 saturated carbocycles. The summed E-state index contributed by atoms with van der Waals surface area (Å²) in [7, 11) is 0. The van der Waals surface area contributed by atoms with E-state index in [4.69, 9.17) is 4.74 Å². The van der Waals surface area contributed by atoms with Crippen molar-refractivity contribution in [1.82, 2.24) is 5.43 Å². The maximum Gasteiger partial charge on any atom is 0.310 e. The van der Waals surface area contributed by atoms with Gasteiger partial charge in [0.15, 0.2) is 0 Å². The van der Waals surface area contributed by atoms with Gasteiger partial charge in [-0.25, -0.2) is 5.43 Å². The van der Waals surface area contributed by atoms with Crippen molar-refractivity contribution < 1.29 is 19.2 Å². The molecule has 2 aromatic carbocycles. The highest BCUT2D eigenvalue weighted by molar-refractivity contribution is 9.10. The average Bonchev–Trinajstić information content (AvgIpc) is 2.63. The molecule has 0 atom stereocenters. The molecule has 134 valence electrons. The molecule has 0 aliphatic carbocycles. The molecule has 0 aromatic heterocycles. The number of hydrogen-bond donors (Lipinski definition) is 1. The van der Waals surface area contributed by atoms with Crippen LogP contribution in [0.1, 0.15) is 29.3 Å². The van der Waals surface area contributed by atoms with E-state index in [1.807, 2.05) is 0 Å². The summed E-state index contributed by atoms with van der Waals surface area (Å²) in [5.41, 5.74) is 2.92. The van der Waals surface area contributed by atoms with Crippen LogP contribution in [0.25, 0.3) is 0 Å². The Morgan fingerprint density at radius 3 is 2.58 bits per heavy atom. The van der Waals surface area contributed by atoms with Crippen molar-refractivity contribution in [3.05, 3.63) is 68.2 Å². The monoisotopic (exact) mass is 419 g/mol. The SMILES string of the molecule is CCC(=O)Oc1ccc(Br)cc1C=NNC(=O)c1ccc([N+](=O)[O-])cc1. The van der Waals surface area contributed by atoms with Crippen molar-refractivity contribution in [3.8, 4) is 5.75 Å². The van der Waals surface area contributed by atoms with E-state index in [0.29, 0.717) is 11.3 Å². The second-order valence-corrected chi connectivity index (χ2v) is 5.93. The minimum absolute atomic E-state index is 0.110. The molecule has 0 bridgehead atoms. The van der Waals surface area contributed by atoms with Gasteiger partial charge in [0.2, 0.25) is 0 Å². The van der Waals surface area contributed by atoms with E-state index < -0.39 is 16.8 Å². The van der Waals surface area contributed by atoms with Crippen LogP contribution in [0.15, 0.2) is 52.0 Å². The Kier molecular flexibility index (Phi) is 6.56. The van der Waals surface area contributed by atoms with Crippen LogP contribution < -0.4 is 10.2 Å². The Balaban J connectivity index is 2.09. The summed E-state index contributed by atoms with van der Waals surface area (Å²) in [5.74, 6) is -0.608. The lowest BCUT2D eigenvalue weighted by Gasteiger charge is -2.07. The molecule has 0 saturated heterocycles. The molecule has 1 N–H and O–H groups in total. The van der Waals surface area contributed by atoms with Crippen molar-refractivity contribution in [3.63, 3.8) is 0 Å². The number of nitrogens with one attached hydrogen (secondary N) is 1. The summed E-state index contributed by atoms with van der Waals surface area (Å²) in [6.45, 7) is 1.68. The third-order valence-electron chi connectivity index (χ3n) is 3.19. The van der Waals surface area contributed by atoms with Gasteiger partial charge in [-0.05, 0) is 30.3 Å². The summed E-state index contributed by atoms with van der Waals surface area (Å²) in [4.78, 5) is 33.5. The fraction of sp³-hybridized carbons (Fsp3) is 0.118. The van der Waals surface area contributed by atoms with Gasteiger partial charge in [-0.1, -0.05) is 22.9 Å². The lowest BCUT2D eigenvalue weighted by atomic mass is 10.2. The van der Waals surface area contributed by atoms with Crippen LogP contribution in [-0.2, 0) is 4.79 Å². The lowest BCUT2D eigenvalue weighted by Crippen LogP contribution is -2.17. The van der Waals surface area contributed by atoms with Crippen LogP contribution in [-0.4, -0.2) is 23.0 Å². The third-order valence-corrected chi connectivity index (χ3v) is 3.69. The fourth-order valence-electron chi connectivity index (χ4n) is 1.87. The Hall–Kier alpha value is -3.07. The predicted molar refractivity (Wildman–Crippen MR) is 98.2 cm³/mol. The maximum absolute atomic E-state index is 12.0. The van der Waals surface area contributed by atoms with E-state index in [2.05, 4.69) is 26.5 Å². The van der Waals surface area contributed by atoms with Gasteiger partial charge >= 0.3 is 5.97 Å². The van der Waals surface area contributed by atoms with Crippen LogP contribution in [0.4, 0.5) is 5.69 Å². The smallest absolute Gasteiger partial charge is 0.310 e. The average molecular weight is 420 g/mol. The molecular weight excluding hydrogens is 406 g/mol. The second-order valence-electron chi connectivity index (χ2n) is 5.01. The van der Waals surface area contributed by atoms with Crippen molar-refractivity contribution in [2.24, 2.45) is 5.10 Å². The summed E-state index contributed by atoms with van der Waals surface area (Å²) >= 11 is 3.31. The molecule has 0 fully saturated rings. The number of nitro benzene ring substituents is 1. The number of rotatable bonds is 6. The van der Waals surface area contributed by atoms with E-state index >= 15 is 0 Å². The molecular formula is C17H14BrN3O5. The van der Waals surface area contributed by atoms with E-state index in [0.717, 1.165) is 4.47 Å². The highest BCUT2D eigenvalue weighted by atomic mass is 79.9. The number of benzene rings is 2. The zero-order valence-corrected chi connectivity index (χ0v) is 15.2. The first-order valence-corrected chi connectivity index (χ1v) is 8.28. The Morgan fingerprint density at radius 2 is 1.96 bits per heavy atom. The largest absolute Gasteiger partial charge is 0.426 e. The van der Waals surface area contributed by atoms with E-state index in [1.165, 1.54) is 30.5 Å². The first-order chi connectivity index (χ1) is 12.4. The minimum atomic E-state index is -0.549. The molecule has 0 unspecified atom stereocenters. The molecule has 0 aliphatic heterocycles. The summed E-state index contributed by atoms with van der Waals surface area (Å²) < 4.78 is 5.95. The maximum atomic E-state index is 12.0. The van der Waals surface area contributed by atoms with Gasteiger partial charge in [0.1, 0.15) is 5.75 Å². The number of nitro groups is 1. The number of hydrazone groups is 1. The lowest BCUT2D eigenvalue weighted by molar-refractivity contribution is -0.384. The normalized spacial score (nSPS) is 10.5. The van der Waals surface area contributed by atoms with Gasteiger partial charge < -0.3 is 4.74 Å². The van der Waals surface area contributed by atoms with Crippen molar-refractivity contribution in [1.29, 1.82) is 0 Å². The van der Waals surface area contributed by atoms with Gasteiger partial charge in [0.25, 0.3) is 11.6 Å². The zero-order valence-electron chi connectivity index (χ0n) is 13.6. The van der Waals surface area contributed by atoms with Gasteiger partial charge in [0.05, 0.1) is 11.1 Å². The fourth-order valence-corrected chi connectivity index (χ4v) is 2.25. The highest BCUT2D eigenvalue weighted by Gasteiger charge is 2.10. The molecule has 0 heterocycles. The third kappa shape index (κ3) is 5.21. The number of carbonyl (C=O) groups is 2. The van der Waals surface area contributed by atoms with Gasteiger partial charge in [-0.2, -0.15) is 5.10 Å². The molecule has 2 rings (SSSR count). The molecule has 2 aromatic rings. The summed E-state index contributed by atoms with van der Waals surface area (Å²) in [6.07, 6.45) is 1.57. The molecule has 26 heavy (non-hydrogen) atoms. The Bertz CT molecular complexity index is 865. The number of nitrogens with zero attached hydrogens (tertiary/aromatic N) is 2. The number of non-ortho nitro benzene ring substituents is 1. The van der Waals surface area contributed by atoms with Gasteiger partial charge in [-0.15, -0.1) is 0 Å². The Labute approximate surface area is 157 Å². The number of halogens is 1. The van der Waals surface area contributed by atoms with Crippen LogP contribution in [0.5, 0.6) is 5.75 Å². The van der Waals surface area contributed by atoms with Crippen LogP contribution in [0.3, 0.4) is 0 Å². The first kappa shape index (κ1) is 19.3. The van der Waals surface area contributed by atoms with Gasteiger partial charge in [-0.3, -0.25) is 19.7 Å². The first-order valence-electron chi connectivity index (χ1n) is 7.48. The molecule has 1 amide bonds. The summed E-state index contributed by atoms with van der Waals surface area (Å²) in [5, 5.41) is 14.5. The van der Waals surface area contributed by atoms with Crippen molar-refractivity contribution in [2.45, 2.75) is 13.3 Å². The second kappa shape index (κ2) is 8.86. The molecule has 0 radical (unpaired) electrons. The number of amides is 1. The number of esters is 1.